The summed E-state index contributed by atoms with van der Waals surface area (Å²) in [5.74, 6) is -0.0495. The lowest BCUT2D eigenvalue weighted by molar-refractivity contribution is -0.148. The van der Waals surface area contributed by atoms with Gasteiger partial charge in [-0.3, -0.25) is 4.79 Å². The van der Waals surface area contributed by atoms with Gasteiger partial charge in [-0.25, -0.2) is 0 Å². The van der Waals surface area contributed by atoms with Gasteiger partial charge in [-0.05, 0) is 26.2 Å². The van der Waals surface area contributed by atoms with Crippen LogP contribution in [-0.4, -0.2) is 12.1 Å². The van der Waals surface area contributed by atoms with Gasteiger partial charge in [0.25, 0.3) is 0 Å². The summed E-state index contributed by atoms with van der Waals surface area (Å²) in [6.45, 7) is 6.14. The molecule has 0 rings (SSSR count). The van der Waals surface area contributed by atoms with Gasteiger partial charge in [0, 0.05) is 6.42 Å². The largest absolute Gasteiger partial charge is 0.463 e. The lowest BCUT2D eigenvalue weighted by Gasteiger charge is -2.12. The highest BCUT2D eigenvalue weighted by molar-refractivity contribution is 5.69. The fraction of sp³-hybridized carbons (Fsp3) is 0.909. The average molecular weight is 186 g/mol. The third kappa shape index (κ3) is 7.82. The summed E-state index contributed by atoms with van der Waals surface area (Å²) in [6, 6.07) is 0. The molecule has 0 aromatic rings. The number of carbonyl (C=O) groups is 1. The molecule has 0 heterocycles. The van der Waals surface area contributed by atoms with Gasteiger partial charge in [-0.2, -0.15) is 0 Å². The molecule has 0 aliphatic heterocycles. The molecule has 0 spiro atoms. The maximum Gasteiger partial charge on any atom is 0.306 e. The highest BCUT2D eigenvalue weighted by Crippen LogP contribution is 2.07. The second-order valence-electron chi connectivity index (χ2n) is 3.55. The summed E-state index contributed by atoms with van der Waals surface area (Å²) in [4.78, 5) is 11.1. The Labute approximate surface area is 81.7 Å². The average Bonchev–Trinajstić information content (AvgIpc) is 2.05. The molecule has 2 heteroatoms. The first kappa shape index (κ1) is 12.5. The zero-order chi connectivity index (χ0) is 10.1. The fourth-order valence-electron chi connectivity index (χ4n) is 1.23. The summed E-state index contributed by atoms with van der Waals surface area (Å²) in [7, 11) is 0. The van der Waals surface area contributed by atoms with Crippen molar-refractivity contribution in [2.75, 3.05) is 0 Å². The Hall–Kier alpha value is -0.530. The number of carbonyl (C=O) groups excluding carboxylic acids is 1. The van der Waals surface area contributed by atoms with Crippen LogP contribution in [0, 0.1) is 0 Å². The van der Waals surface area contributed by atoms with E-state index in [0.717, 1.165) is 19.3 Å². The Morgan fingerprint density at radius 1 is 1.23 bits per heavy atom. The molecular formula is C11H22O2. The SMILES string of the molecule is CCCCC[C@H](C)OC(=O)CCC. The number of esters is 1. The van der Waals surface area contributed by atoms with Crippen molar-refractivity contribution in [2.45, 2.75) is 65.4 Å². The summed E-state index contributed by atoms with van der Waals surface area (Å²) in [5, 5.41) is 0. The predicted molar refractivity (Wildman–Crippen MR) is 54.6 cm³/mol. The Balaban J connectivity index is 3.38. The topological polar surface area (TPSA) is 26.3 Å². The third-order valence-corrected chi connectivity index (χ3v) is 2.00. The van der Waals surface area contributed by atoms with Crippen LogP contribution in [0.5, 0.6) is 0 Å². The van der Waals surface area contributed by atoms with E-state index in [9.17, 15) is 4.79 Å². The van der Waals surface area contributed by atoms with Gasteiger partial charge in [0.15, 0.2) is 0 Å². The van der Waals surface area contributed by atoms with Crippen LogP contribution in [0.15, 0.2) is 0 Å². The van der Waals surface area contributed by atoms with Crippen molar-refractivity contribution in [1.29, 1.82) is 0 Å². The van der Waals surface area contributed by atoms with Crippen LogP contribution in [0.3, 0.4) is 0 Å². The van der Waals surface area contributed by atoms with Gasteiger partial charge in [-0.1, -0.05) is 26.7 Å². The number of rotatable bonds is 7. The number of hydrogen-bond acceptors (Lipinski definition) is 2. The fourth-order valence-corrected chi connectivity index (χ4v) is 1.23. The van der Waals surface area contributed by atoms with Crippen molar-refractivity contribution in [3.63, 3.8) is 0 Å². The van der Waals surface area contributed by atoms with Gasteiger partial charge in [0.2, 0.25) is 0 Å². The van der Waals surface area contributed by atoms with E-state index < -0.39 is 0 Å². The normalized spacial score (nSPS) is 12.5. The van der Waals surface area contributed by atoms with Crippen LogP contribution >= 0.6 is 0 Å². The van der Waals surface area contributed by atoms with E-state index >= 15 is 0 Å². The molecule has 0 saturated heterocycles. The molecule has 0 N–H and O–H groups in total. The van der Waals surface area contributed by atoms with Crippen molar-refractivity contribution >= 4 is 5.97 Å². The van der Waals surface area contributed by atoms with E-state index in [0.29, 0.717) is 6.42 Å². The maximum atomic E-state index is 11.1. The zero-order valence-electron chi connectivity index (χ0n) is 9.14. The summed E-state index contributed by atoms with van der Waals surface area (Å²) < 4.78 is 5.20. The number of hydrogen-bond donors (Lipinski definition) is 0. The van der Waals surface area contributed by atoms with Crippen LogP contribution < -0.4 is 0 Å². The smallest absolute Gasteiger partial charge is 0.306 e. The molecule has 0 unspecified atom stereocenters. The molecule has 2 nitrogen and oxygen atoms in total. The van der Waals surface area contributed by atoms with E-state index in [1.54, 1.807) is 0 Å². The van der Waals surface area contributed by atoms with Crippen LogP contribution in [0.2, 0.25) is 0 Å². The molecule has 0 amide bonds. The molecule has 0 fully saturated rings. The summed E-state index contributed by atoms with van der Waals surface area (Å²) in [5.41, 5.74) is 0. The van der Waals surface area contributed by atoms with Crippen LogP contribution in [0.4, 0.5) is 0 Å². The highest BCUT2D eigenvalue weighted by atomic mass is 16.5. The van der Waals surface area contributed by atoms with Gasteiger partial charge >= 0.3 is 5.97 Å². The monoisotopic (exact) mass is 186 g/mol. The molecule has 0 aromatic carbocycles. The van der Waals surface area contributed by atoms with Crippen molar-refractivity contribution in [2.24, 2.45) is 0 Å². The lowest BCUT2D eigenvalue weighted by atomic mass is 10.1. The lowest BCUT2D eigenvalue weighted by Crippen LogP contribution is -2.14. The molecule has 0 saturated carbocycles. The quantitative estimate of drug-likeness (QED) is 0.450. The Morgan fingerprint density at radius 3 is 2.46 bits per heavy atom. The number of unbranched alkanes of at least 4 members (excludes halogenated alkanes) is 2. The second-order valence-corrected chi connectivity index (χ2v) is 3.55. The first-order chi connectivity index (χ1) is 6.20. The molecule has 0 aliphatic carbocycles. The first-order valence-corrected chi connectivity index (χ1v) is 5.40. The van der Waals surface area contributed by atoms with Gasteiger partial charge < -0.3 is 4.74 Å². The van der Waals surface area contributed by atoms with Gasteiger partial charge in [0.05, 0.1) is 6.10 Å². The van der Waals surface area contributed by atoms with Crippen LogP contribution in [0.1, 0.15) is 59.3 Å². The van der Waals surface area contributed by atoms with E-state index in [1.807, 2.05) is 13.8 Å². The van der Waals surface area contributed by atoms with Crippen LogP contribution in [0.25, 0.3) is 0 Å². The molecule has 0 aromatic heterocycles. The predicted octanol–water partition coefficient (Wildman–Crippen LogP) is 3.30. The Bertz CT molecular complexity index is 132. The molecule has 0 bridgehead atoms. The van der Waals surface area contributed by atoms with E-state index in [-0.39, 0.29) is 12.1 Å². The minimum absolute atomic E-state index is 0.0495. The standard InChI is InChI=1S/C11H22O2/c1-4-6-7-9-10(3)13-11(12)8-5-2/h10H,4-9H2,1-3H3/t10-/m0/s1. The molecule has 0 radical (unpaired) electrons. The minimum Gasteiger partial charge on any atom is -0.463 e. The van der Waals surface area contributed by atoms with Crippen molar-refractivity contribution < 1.29 is 9.53 Å². The molecular weight excluding hydrogens is 164 g/mol. The van der Waals surface area contributed by atoms with E-state index in [1.165, 1.54) is 12.8 Å². The van der Waals surface area contributed by atoms with Gasteiger partial charge in [0.1, 0.15) is 0 Å². The van der Waals surface area contributed by atoms with Crippen molar-refractivity contribution in [1.82, 2.24) is 0 Å². The summed E-state index contributed by atoms with van der Waals surface area (Å²) >= 11 is 0. The highest BCUT2D eigenvalue weighted by Gasteiger charge is 2.07. The Morgan fingerprint density at radius 2 is 1.92 bits per heavy atom. The molecule has 78 valence electrons. The second kappa shape index (κ2) is 8.09. The van der Waals surface area contributed by atoms with Crippen LogP contribution in [-0.2, 0) is 9.53 Å². The summed E-state index contributed by atoms with van der Waals surface area (Å²) in [6.07, 6.45) is 6.15. The molecule has 0 aliphatic rings. The number of ether oxygens (including phenoxy) is 1. The minimum atomic E-state index is -0.0495. The van der Waals surface area contributed by atoms with E-state index in [2.05, 4.69) is 6.92 Å². The maximum absolute atomic E-state index is 11.1. The van der Waals surface area contributed by atoms with Crippen molar-refractivity contribution in [3.05, 3.63) is 0 Å². The van der Waals surface area contributed by atoms with Crippen molar-refractivity contribution in [3.8, 4) is 0 Å². The molecule has 13 heavy (non-hydrogen) atoms. The van der Waals surface area contributed by atoms with Gasteiger partial charge in [-0.15, -0.1) is 0 Å². The molecule has 1 atom stereocenters. The Kier molecular flexibility index (Phi) is 7.76. The van der Waals surface area contributed by atoms with E-state index in [4.69, 9.17) is 4.74 Å². The first-order valence-electron chi connectivity index (χ1n) is 5.40. The third-order valence-electron chi connectivity index (χ3n) is 2.00. The zero-order valence-corrected chi connectivity index (χ0v) is 9.14.